The number of amides is 1. The molecule has 3 aliphatic rings. The summed E-state index contributed by atoms with van der Waals surface area (Å²) in [6.45, 7) is 19.1. The fraction of sp³-hybridized carbons (Fsp3) is 0.457. The van der Waals surface area contributed by atoms with Gasteiger partial charge in [-0.2, -0.15) is 0 Å². The maximum absolute atomic E-state index is 13.2. The first kappa shape index (κ1) is 30.6. The Labute approximate surface area is 270 Å². The number of benzene rings is 3. The van der Waals surface area contributed by atoms with E-state index in [-0.39, 0.29) is 30.3 Å². The van der Waals surface area contributed by atoms with Crippen molar-refractivity contribution < 1.29 is 18.8 Å². The van der Waals surface area contributed by atoms with E-state index in [4.69, 9.17) is 14.0 Å². The van der Waals surface area contributed by atoms with E-state index in [9.17, 15) is 4.79 Å². The van der Waals surface area contributed by atoms with Crippen LogP contribution >= 0.6 is 22.6 Å². The Morgan fingerprint density at radius 2 is 1.40 bits per heavy atom. The SMILES string of the molecule is Cc1c(I)c(C)c(B2OC(C)(C)C(C)(C)O2)c(C)c1CN1CCN(C(=O)OCC2c3ccccc3-c3ccccc32)CC1. The van der Waals surface area contributed by atoms with Crippen LogP contribution in [0.5, 0.6) is 0 Å². The molecule has 2 aliphatic heterocycles. The van der Waals surface area contributed by atoms with Crippen LogP contribution in [0.1, 0.15) is 67.0 Å². The van der Waals surface area contributed by atoms with Crippen LogP contribution in [0.3, 0.4) is 0 Å². The summed E-state index contributed by atoms with van der Waals surface area (Å²) in [7, 11) is -0.386. The Hall–Kier alpha value is -2.40. The van der Waals surface area contributed by atoms with E-state index in [0.29, 0.717) is 19.7 Å². The Morgan fingerprint density at radius 1 is 0.860 bits per heavy atom. The highest BCUT2D eigenvalue weighted by Crippen LogP contribution is 2.44. The van der Waals surface area contributed by atoms with E-state index in [1.165, 1.54) is 48.1 Å². The van der Waals surface area contributed by atoms with Gasteiger partial charge in [-0.05, 0) is 121 Å². The largest absolute Gasteiger partial charge is 0.495 e. The van der Waals surface area contributed by atoms with Gasteiger partial charge in [0.05, 0.1) is 11.2 Å². The summed E-state index contributed by atoms with van der Waals surface area (Å²) in [6.07, 6.45) is -0.221. The van der Waals surface area contributed by atoms with Crippen molar-refractivity contribution in [3.63, 3.8) is 0 Å². The molecule has 43 heavy (non-hydrogen) atoms. The molecule has 0 unspecified atom stereocenters. The van der Waals surface area contributed by atoms with Crippen molar-refractivity contribution in [3.8, 4) is 11.1 Å². The lowest BCUT2D eigenvalue weighted by Gasteiger charge is -2.35. The summed E-state index contributed by atoms with van der Waals surface area (Å²) < 4.78 is 20.2. The number of piperazine rings is 1. The molecule has 0 radical (unpaired) electrons. The van der Waals surface area contributed by atoms with Gasteiger partial charge >= 0.3 is 13.2 Å². The predicted molar refractivity (Wildman–Crippen MR) is 181 cm³/mol. The van der Waals surface area contributed by atoms with E-state index in [1.54, 1.807) is 0 Å². The molecule has 0 atom stereocenters. The smallest absolute Gasteiger partial charge is 0.448 e. The fourth-order valence-electron chi connectivity index (χ4n) is 6.81. The van der Waals surface area contributed by atoms with Gasteiger partial charge in [0.15, 0.2) is 0 Å². The molecule has 2 fully saturated rings. The van der Waals surface area contributed by atoms with Gasteiger partial charge in [-0.3, -0.25) is 4.90 Å². The third-order valence-corrected chi connectivity index (χ3v) is 11.8. The zero-order valence-electron chi connectivity index (χ0n) is 26.4. The Bertz CT molecular complexity index is 1500. The van der Waals surface area contributed by atoms with Crippen molar-refractivity contribution in [2.75, 3.05) is 32.8 Å². The molecule has 0 saturated carbocycles. The maximum atomic E-state index is 13.2. The van der Waals surface area contributed by atoms with E-state index in [1.807, 2.05) is 4.90 Å². The number of rotatable bonds is 5. The number of nitrogens with zero attached hydrogens (tertiary/aromatic N) is 2. The molecule has 1 aliphatic carbocycles. The number of carbonyl (C=O) groups is 1. The average Bonchev–Trinajstić information content (AvgIpc) is 3.41. The standard InChI is InChI=1S/C35H42BIN2O4/c1-22-29(23(2)32(37)24(3)31(22)36-42-34(4,5)35(6,7)43-36)20-38-16-18-39(19-17-38)33(40)41-21-30-27-14-10-8-12-25(27)26-13-9-11-15-28(26)30/h8-15,30H,16-21H2,1-7H3. The Kier molecular flexibility index (Phi) is 8.20. The molecule has 6 nitrogen and oxygen atoms in total. The van der Waals surface area contributed by atoms with E-state index in [0.717, 1.165) is 25.1 Å². The molecule has 2 saturated heterocycles. The van der Waals surface area contributed by atoms with Gasteiger partial charge in [-0.25, -0.2) is 4.79 Å². The minimum atomic E-state index is -0.386. The molecule has 0 spiro atoms. The van der Waals surface area contributed by atoms with Crippen molar-refractivity contribution in [2.24, 2.45) is 0 Å². The normalized spacial score (nSPS) is 19.4. The number of hydrogen-bond acceptors (Lipinski definition) is 5. The lowest BCUT2D eigenvalue weighted by Crippen LogP contribution is -2.49. The maximum Gasteiger partial charge on any atom is 0.495 e. The van der Waals surface area contributed by atoms with Crippen molar-refractivity contribution in [3.05, 3.63) is 85.5 Å². The number of fused-ring (bicyclic) bond motifs is 3. The van der Waals surface area contributed by atoms with E-state index >= 15 is 0 Å². The van der Waals surface area contributed by atoms with Crippen molar-refractivity contribution in [1.29, 1.82) is 0 Å². The summed E-state index contributed by atoms with van der Waals surface area (Å²) in [4.78, 5) is 17.5. The van der Waals surface area contributed by atoms with Crippen LogP contribution in [0.25, 0.3) is 11.1 Å². The molecule has 3 aromatic rings. The first-order valence-corrected chi connectivity index (χ1v) is 16.4. The average molecular weight is 692 g/mol. The zero-order valence-corrected chi connectivity index (χ0v) is 28.6. The van der Waals surface area contributed by atoms with Crippen molar-refractivity contribution in [1.82, 2.24) is 9.80 Å². The van der Waals surface area contributed by atoms with Gasteiger partial charge in [0.2, 0.25) is 0 Å². The first-order chi connectivity index (χ1) is 20.4. The van der Waals surface area contributed by atoms with Gasteiger partial charge in [0, 0.05) is 42.2 Å². The van der Waals surface area contributed by atoms with Gasteiger partial charge in [0.1, 0.15) is 6.61 Å². The quantitative estimate of drug-likeness (QED) is 0.224. The van der Waals surface area contributed by atoms with Crippen LogP contribution in [-0.4, -0.2) is 67.0 Å². The number of carbonyl (C=O) groups excluding carboxylic acids is 1. The minimum Gasteiger partial charge on any atom is -0.448 e. The fourth-order valence-corrected chi connectivity index (χ4v) is 7.42. The molecule has 8 heteroatoms. The highest BCUT2D eigenvalue weighted by molar-refractivity contribution is 14.1. The molecular weight excluding hydrogens is 650 g/mol. The van der Waals surface area contributed by atoms with Crippen LogP contribution in [-0.2, 0) is 20.6 Å². The van der Waals surface area contributed by atoms with Crippen LogP contribution in [0.4, 0.5) is 4.79 Å². The molecule has 1 amide bonds. The zero-order chi connectivity index (χ0) is 30.7. The summed E-state index contributed by atoms with van der Waals surface area (Å²) >= 11 is 2.47. The van der Waals surface area contributed by atoms with Gasteiger partial charge in [-0.1, -0.05) is 48.5 Å². The number of halogens is 1. The van der Waals surface area contributed by atoms with Crippen molar-refractivity contribution in [2.45, 2.75) is 72.1 Å². The summed E-state index contributed by atoms with van der Waals surface area (Å²) in [5.41, 5.74) is 10.5. The third kappa shape index (κ3) is 5.43. The highest BCUT2D eigenvalue weighted by Gasteiger charge is 2.52. The Morgan fingerprint density at radius 3 is 1.95 bits per heavy atom. The van der Waals surface area contributed by atoms with Crippen LogP contribution in [0, 0.1) is 24.3 Å². The van der Waals surface area contributed by atoms with Gasteiger partial charge in [0.25, 0.3) is 0 Å². The monoisotopic (exact) mass is 692 g/mol. The second-order valence-corrected chi connectivity index (χ2v) is 14.3. The highest BCUT2D eigenvalue weighted by atomic mass is 127. The minimum absolute atomic E-state index is 0.0748. The van der Waals surface area contributed by atoms with Crippen molar-refractivity contribution >= 4 is 41.3 Å². The first-order valence-electron chi connectivity index (χ1n) is 15.4. The predicted octanol–water partition coefficient (Wildman–Crippen LogP) is 6.58. The molecule has 6 rings (SSSR count). The van der Waals surface area contributed by atoms with Crippen LogP contribution < -0.4 is 5.46 Å². The van der Waals surface area contributed by atoms with Gasteiger partial charge < -0.3 is 18.9 Å². The third-order valence-electron chi connectivity index (χ3n) is 10.2. The van der Waals surface area contributed by atoms with Crippen LogP contribution in [0.15, 0.2) is 48.5 Å². The Balaban J connectivity index is 1.10. The number of hydrogen-bond donors (Lipinski definition) is 0. The molecule has 0 N–H and O–H groups in total. The molecule has 3 aromatic carbocycles. The lowest BCUT2D eigenvalue weighted by molar-refractivity contribution is 0.00578. The second-order valence-electron chi connectivity index (χ2n) is 13.2. The molecule has 0 bridgehead atoms. The van der Waals surface area contributed by atoms with Crippen LogP contribution in [0.2, 0.25) is 0 Å². The second kappa shape index (κ2) is 11.5. The summed E-state index contributed by atoms with van der Waals surface area (Å²) in [5, 5.41) is 0. The van der Waals surface area contributed by atoms with Gasteiger partial charge in [-0.15, -0.1) is 0 Å². The molecule has 226 valence electrons. The lowest BCUT2D eigenvalue weighted by atomic mass is 9.71. The topological polar surface area (TPSA) is 51.2 Å². The summed E-state index contributed by atoms with van der Waals surface area (Å²) in [6, 6.07) is 16.9. The molecule has 0 aromatic heterocycles. The molecule has 2 heterocycles. The summed E-state index contributed by atoms with van der Waals surface area (Å²) in [5.74, 6) is 0.0748. The van der Waals surface area contributed by atoms with E-state index < -0.39 is 0 Å². The van der Waals surface area contributed by atoms with E-state index in [2.05, 4.69) is 124 Å². The number of ether oxygens (including phenoxy) is 1. The molecular formula is C35H42BIN2O4.